The largest absolute Gasteiger partial charge is 0.385 e. The Morgan fingerprint density at radius 2 is 1.88 bits per heavy atom. The third-order valence-corrected chi connectivity index (χ3v) is 7.83. The standard InChI is InChI=1S/C11H14ClIO3S/c1-3-17(15,16)11(12,13)10(14)9-6-4-8(2)5-7-9/h4-7,10,14H,3H2,1-2H3. The molecule has 6 heteroatoms. The van der Waals surface area contributed by atoms with Crippen molar-refractivity contribution in [3.8, 4) is 0 Å². The first kappa shape index (κ1) is 15.2. The minimum Gasteiger partial charge on any atom is -0.385 e. The molecule has 1 aromatic rings. The van der Waals surface area contributed by atoms with Crippen LogP contribution in [0.3, 0.4) is 0 Å². The lowest BCUT2D eigenvalue weighted by Crippen LogP contribution is -2.34. The highest BCUT2D eigenvalue weighted by molar-refractivity contribution is 14.1. The number of alkyl halides is 2. The Balaban J connectivity index is 3.12. The highest BCUT2D eigenvalue weighted by atomic mass is 127. The molecule has 1 rings (SSSR count). The number of hydrogen-bond acceptors (Lipinski definition) is 3. The molecular formula is C11H14ClIO3S. The number of hydrogen-bond donors (Lipinski definition) is 1. The van der Waals surface area contributed by atoms with E-state index in [0.717, 1.165) is 5.56 Å². The lowest BCUT2D eigenvalue weighted by Gasteiger charge is -2.26. The molecule has 0 aromatic heterocycles. The minimum absolute atomic E-state index is 0.109. The summed E-state index contributed by atoms with van der Waals surface area (Å²) in [5.74, 6) is -0.109. The highest BCUT2D eigenvalue weighted by Gasteiger charge is 2.45. The Hall–Kier alpha value is 0.150. The van der Waals surface area contributed by atoms with Crippen molar-refractivity contribution in [1.82, 2.24) is 0 Å². The van der Waals surface area contributed by atoms with Crippen molar-refractivity contribution in [2.45, 2.75) is 22.2 Å². The summed E-state index contributed by atoms with van der Waals surface area (Å²) in [6.07, 6.45) is -1.25. The fourth-order valence-corrected chi connectivity index (χ4v) is 3.91. The zero-order valence-corrected chi connectivity index (χ0v) is 13.3. The first-order valence-corrected chi connectivity index (χ1v) is 8.18. The molecule has 0 saturated carbocycles. The molecule has 2 unspecified atom stereocenters. The van der Waals surface area contributed by atoms with Crippen LogP contribution in [0.1, 0.15) is 24.2 Å². The molecule has 0 bridgehead atoms. The monoisotopic (exact) mass is 388 g/mol. The Kier molecular flexibility index (Phi) is 4.85. The molecule has 0 radical (unpaired) electrons. The lowest BCUT2D eigenvalue weighted by molar-refractivity contribution is 0.187. The highest BCUT2D eigenvalue weighted by Crippen LogP contribution is 2.43. The Labute approximate surface area is 120 Å². The molecule has 0 aliphatic heterocycles. The number of aliphatic hydroxyl groups excluding tert-OH is 1. The zero-order valence-electron chi connectivity index (χ0n) is 9.52. The van der Waals surface area contributed by atoms with E-state index in [1.54, 1.807) is 46.9 Å². The van der Waals surface area contributed by atoms with Gasteiger partial charge in [0.05, 0.1) is 5.75 Å². The van der Waals surface area contributed by atoms with E-state index >= 15 is 0 Å². The number of aliphatic hydroxyl groups is 1. The van der Waals surface area contributed by atoms with E-state index in [0.29, 0.717) is 5.56 Å². The van der Waals surface area contributed by atoms with Crippen LogP contribution in [0.25, 0.3) is 0 Å². The van der Waals surface area contributed by atoms with Crippen LogP contribution in [0.2, 0.25) is 0 Å². The summed E-state index contributed by atoms with van der Waals surface area (Å²) >= 11 is 7.59. The summed E-state index contributed by atoms with van der Waals surface area (Å²) in [6, 6.07) is 6.98. The van der Waals surface area contributed by atoms with E-state index < -0.39 is 18.2 Å². The zero-order chi connectivity index (χ0) is 13.3. The molecule has 0 fully saturated rings. The summed E-state index contributed by atoms with van der Waals surface area (Å²) in [6.45, 7) is 3.42. The van der Waals surface area contributed by atoms with Gasteiger partial charge in [-0.25, -0.2) is 8.42 Å². The summed E-state index contributed by atoms with van der Waals surface area (Å²) in [7, 11) is -3.55. The van der Waals surface area contributed by atoms with Gasteiger partial charge < -0.3 is 5.11 Å². The van der Waals surface area contributed by atoms with Crippen molar-refractivity contribution in [1.29, 1.82) is 0 Å². The van der Waals surface area contributed by atoms with E-state index in [-0.39, 0.29) is 5.75 Å². The fraction of sp³-hybridized carbons (Fsp3) is 0.455. The van der Waals surface area contributed by atoms with Gasteiger partial charge in [0.2, 0.25) is 2.21 Å². The first-order chi connectivity index (χ1) is 7.72. The predicted molar refractivity (Wildman–Crippen MR) is 78.2 cm³/mol. The summed E-state index contributed by atoms with van der Waals surface area (Å²) in [5, 5.41) is 10.1. The molecule has 0 aliphatic rings. The smallest absolute Gasteiger partial charge is 0.225 e. The molecule has 1 aromatic carbocycles. The van der Waals surface area contributed by atoms with Crippen LogP contribution in [0.15, 0.2) is 24.3 Å². The Bertz CT molecular complexity index is 482. The molecule has 3 nitrogen and oxygen atoms in total. The second-order valence-electron chi connectivity index (χ2n) is 3.78. The maximum atomic E-state index is 11.8. The van der Waals surface area contributed by atoms with Crippen molar-refractivity contribution in [3.63, 3.8) is 0 Å². The number of aryl methyl sites for hydroxylation is 1. The fourth-order valence-electron chi connectivity index (χ4n) is 1.31. The summed E-state index contributed by atoms with van der Waals surface area (Å²) in [5.41, 5.74) is 1.53. The summed E-state index contributed by atoms with van der Waals surface area (Å²) in [4.78, 5) is 0. The number of rotatable bonds is 4. The van der Waals surface area contributed by atoms with Gasteiger partial charge >= 0.3 is 0 Å². The number of sulfone groups is 1. The predicted octanol–water partition coefficient (Wildman–Crippen LogP) is 2.79. The van der Waals surface area contributed by atoms with E-state index in [1.807, 2.05) is 6.92 Å². The van der Waals surface area contributed by atoms with E-state index in [1.165, 1.54) is 6.92 Å². The molecule has 0 aliphatic carbocycles. The van der Waals surface area contributed by atoms with Gasteiger partial charge in [0.1, 0.15) is 6.10 Å². The molecule has 17 heavy (non-hydrogen) atoms. The van der Waals surface area contributed by atoms with E-state index in [2.05, 4.69) is 0 Å². The lowest BCUT2D eigenvalue weighted by atomic mass is 10.1. The normalized spacial score (nSPS) is 17.5. The molecule has 0 saturated heterocycles. The average molecular weight is 389 g/mol. The van der Waals surface area contributed by atoms with Gasteiger partial charge in [-0.3, -0.25) is 0 Å². The Morgan fingerprint density at radius 1 is 1.41 bits per heavy atom. The average Bonchev–Trinajstić information content (AvgIpc) is 2.28. The van der Waals surface area contributed by atoms with Crippen molar-refractivity contribution >= 4 is 44.0 Å². The number of halogens is 2. The van der Waals surface area contributed by atoms with Gasteiger partial charge in [-0.1, -0.05) is 48.4 Å². The third kappa shape index (κ3) is 3.13. The molecule has 2 atom stereocenters. The number of benzene rings is 1. The van der Waals surface area contributed by atoms with Crippen LogP contribution in [-0.4, -0.2) is 21.5 Å². The quantitative estimate of drug-likeness (QED) is 0.637. The topological polar surface area (TPSA) is 54.4 Å². The van der Waals surface area contributed by atoms with Gasteiger partial charge in [-0.15, -0.1) is 0 Å². The minimum atomic E-state index is -3.55. The second-order valence-corrected chi connectivity index (χ2v) is 10.1. The van der Waals surface area contributed by atoms with E-state index in [4.69, 9.17) is 11.6 Å². The molecule has 96 valence electrons. The van der Waals surface area contributed by atoms with Crippen LogP contribution in [-0.2, 0) is 9.84 Å². The maximum Gasteiger partial charge on any atom is 0.225 e. The van der Waals surface area contributed by atoms with Crippen LogP contribution in [0.5, 0.6) is 0 Å². The van der Waals surface area contributed by atoms with Crippen LogP contribution < -0.4 is 0 Å². The van der Waals surface area contributed by atoms with Gasteiger partial charge in [-0.05, 0) is 35.1 Å². The van der Waals surface area contributed by atoms with Crippen molar-refractivity contribution in [3.05, 3.63) is 35.4 Å². The summed E-state index contributed by atoms with van der Waals surface area (Å²) < 4.78 is 21.9. The molecule has 0 heterocycles. The van der Waals surface area contributed by atoms with Gasteiger partial charge in [-0.2, -0.15) is 0 Å². The maximum absolute atomic E-state index is 11.8. The molecular weight excluding hydrogens is 375 g/mol. The van der Waals surface area contributed by atoms with Gasteiger partial charge in [0.25, 0.3) is 0 Å². The Morgan fingerprint density at radius 3 is 2.29 bits per heavy atom. The van der Waals surface area contributed by atoms with Crippen molar-refractivity contribution in [2.24, 2.45) is 0 Å². The molecule has 1 N–H and O–H groups in total. The second kappa shape index (κ2) is 5.42. The first-order valence-electron chi connectivity index (χ1n) is 5.07. The van der Waals surface area contributed by atoms with Gasteiger partial charge in [0, 0.05) is 0 Å². The van der Waals surface area contributed by atoms with Crippen LogP contribution in [0, 0.1) is 6.92 Å². The van der Waals surface area contributed by atoms with Crippen LogP contribution >= 0.6 is 34.2 Å². The molecule has 0 amide bonds. The SMILES string of the molecule is CCS(=O)(=O)C(Cl)(I)C(O)c1ccc(C)cc1. The van der Waals surface area contributed by atoms with Crippen molar-refractivity contribution in [2.75, 3.05) is 5.75 Å². The third-order valence-electron chi connectivity index (χ3n) is 2.51. The van der Waals surface area contributed by atoms with Crippen molar-refractivity contribution < 1.29 is 13.5 Å². The molecule has 0 spiro atoms. The van der Waals surface area contributed by atoms with E-state index in [9.17, 15) is 13.5 Å². The van der Waals surface area contributed by atoms with Gasteiger partial charge in [0.15, 0.2) is 9.84 Å². The van der Waals surface area contributed by atoms with Crippen LogP contribution in [0.4, 0.5) is 0 Å².